The third kappa shape index (κ3) is 2.33. The highest BCUT2D eigenvalue weighted by Gasteiger charge is 2.16. The Morgan fingerprint density at radius 2 is 1.95 bits per heavy atom. The SMILES string of the molecule is COc1cc2c(C(=O)c3cccc(O)c3)nccc2cc1O. The van der Waals surface area contributed by atoms with E-state index in [9.17, 15) is 15.0 Å². The molecule has 0 bridgehead atoms. The lowest BCUT2D eigenvalue weighted by Crippen LogP contribution is -2.05. The number of hydrogen-bond acceptors (Lipinski definition) is 5. The van der Waals surface area contributed by atoms with Gasteiger partial charge >= 0.3 is 0 Å². The normalized spacial score (nSPS) is 10.6. The molecular weight excluding hydrogens is 282 g/mol. The number of nitrogens with zero attached hydrogens (tertiary/aromatic N) is 1. The molecule has 0 spiro atoms. The van der Waals surface area contributed by atoms with Crippen molar-refractivity contribution in [2.45, 2.75) is 0 Å². The fourth-order valence-corrected chi connectivity index (χ4v) is 2.32. The molecule has 0 amide bonds. The van der Waals surface area contributed by atoms with Gasteiger partial charge in [-0.3, -0.25) is 9.78 Å². The van der Waals surface area contributed by atoms with Crippen LogP contribution in [0.3, 0.4) is 0 Å². The summed E-state index contributed by atoms with van der Waals surface area (Å²) in [5.74, 6) is -0.0297. The third-order valence-electron chi connectivity index (χ3n) is 3.39. The molecule has 2 aromatic carbocycles. The van der Waals surface area contributed by atoms with Crippen LogP contribution in [-0.4, -0.2) is 28.1 Å². The number of carbonyl (C=O) groups is 1. The number of fused-ring (bicyclic) bond motifs is 1. The Hall–Kier alpha value is -3.08. The van der Waals surface area contributed by atoms with Crippen molar-refractivity contribution in [1.29, 1.82) is 0 Å². The van der Waals surface area contributed by atoms with Gasteiger partial charge in [0, 0.05) is 17.1 Å². The number of pyridine rings is 1. The Morgan fingerprint density at radius 3 is 2.68 bits per heavy atom. The predicted octanol–water partition coefficient (Wildman–Crippen LogP) is 2.89. The molecular formula is C17H13NO4. The summed E-state index contributed by atoms with van der Waals surface area (Å²) in [4.78, 5) is 16.8. The summed E-state index contributed by atoms with van der Waals surface area (Å²) in [5.41, 5.74) is 0.577. The zero-order valence-corrected chi connectivity index (χ0v) is 11.8. The van der Waals surface area contributed by atoms with Crippen molar-refractivity contribution in [2.75, 3.05) is 7.11 Å². The Balaban J connectivity index is 2.20. The maximum absolute atomic E-state index is 12.6. The van der Waals surface area contributed by atoms with E-state index >= 15 is 0 Å². The second kappa shape index (κ2) is 5.37. The second-order valence-electron chi connectivity index (χ2n) is 4.78. The van der Waals surface area contributed by atoms with Gasteiger partial charge in [-0.1, -0.05) is 12.1 Å². The fourth-order valence-electron chi connectivity index (χ4n) is 2.32. The van der Waals surface area contributed by atoms with Crippen LogP contribution in [0.25, 0.3) is 10.8 Å². The van der Waals surface area contributed by atoms with Crippen molar-refractivity contribution in [2.24, 2.45) is 0 Å². The highest BCUT2D eigenvalue weighted by molar-refractivity contribution is 6.15. The summed E-state index contributed by atoms with van der Waals surface area (Å²) in [6, 6.07) is 10.9. The lowest BCUT2D eigenvalue weighted by molar-refractivity contribution is 0.103. The molecule has 3 aromatic rings. The first kappa shape index (κ1) is 13.9. The van der Waals surface area contributed by atoms with Crippen LogP contribution in [0.1, 0.15) is 16.1 Å². The van der Waals surface area contributed by atoms with E-state index in [0.29, 0.717) is 16.3 Å². The Kier molecular flexibility index (Phi) is 3.39. The summed E-state index contributed by atoms with van der Waals surface area (Å²) >= 11 is 0. The number of ketones is 1. The molecule has 0 aliphatic heterocycles. The summed E-state index contributed by atoms with van der Waals surface area (Å²) in [6.07, 6.45) is 1.50. The summed E-state index contributed by atoms with van der Waals surface area (Å²) in [6.45, 7) is 0. The van der Waals surface area contributed by atoms with Crippen LogP contribution in [0.15, 0.2) is 48.7 Å². The van der Waals surface area contributed by atoms with Gasteiger partial charge in [0.25, 0.3) is 0 Å². The highest BCUT2D eigenvalue weighted by Crippen LogP contribution is 2.32. The van der Waals surface area contributed by atoms with Gasteiger partial charge in [-0.25, -0.2) is 0 Å². The third-order valence-corrected chi connectivity index (χ3v) is 3.39. The van der Waals surface area contributed by atoms with Gasteiger partial charge in [0.05, 0.1) is 7.11 Å². The van der Waals surface area contributed by atoms with E-state index < -0.39 is 0 Å². The van der Waals surface area contributed by atoms with Crippen LogP contribution in [-0.2, 0) is 0 Å². The second-order valence-corrected chi connectivity index (χ2v) is 4.78. The Morgan fingerprint density at radius 1 is 1.14 bits per heavy atom. The van der Waals surface area contributed by atoms with E-state index in [1.807, 2.05) is 0 Å². The summed E-state index contributed by atoms with van der Waals surface area (Å²) in [5, 5.41) is 20.6. The molecule has 5 heteroatoms. The van der Waals surface area contributed by atoms with Crippen LogP contribution < -0.4 is 4.74 Å². The average Bonchev–Trinajstić information content (AvgIpc) is 2.53. The molecule has 0 fully saturated rings. The molecule has 0 aliphatic rings. The van der Waals surface area contributed by atoms with Crippen LogP contribution in [0.2, 0.25) is 0 Å². The van der Waals surface area contributed by atoms with E-state index in [-0.39, 0.29) is 28.7 Å². The first-order valence-electron chi connectivity index (χ1n) is 6.59. The van der Waals surface area contributed by atoms with Gasteiger partial charge < -0.3 is 14.9 Å². The van der Waals surface area contributed by atoms with E-state index in [0.717, 1.165) is 0 Å². The van der Waals surface area contributed by atoms with E-state index in [4.69, 9.17) is 4.74 Å². The van der Waals surface area contributed by atoms with Crippen molar-refractivity contribution in [3.05, 3.63) is 59.9 Å². The number of carbonyl (C=O) groups excluding carboxylic acids is 1. The van der Waals surface area contributed by atoms with E-state index in [1.54, 1.807) is 24.3 Å². The monoisotopic (exact) mass is 295 g/mol. The Labute approximate surface area is 126 Å². The zero-order chi connectivity index (χ0) is 15.7. The van der Waals surface area contributed by atoms with Crippen LogP contribution in [0.4, 0.5) is 0 Å². The molecule has 0 aliphatic carbocycles. The van der Waals surface area contributed by atoms with Gasteiger partial charge in [0.15, 0.2) is 11.5 Å². The first-order valence-corrected chi connectivity index (χ1v) is 6.59. The van der Waals surface area contributed by atoms with Crippen molar-refractivity contribution < 1.29 is 19.7 Å². The number of phenolic OH excluding ortho intramolecular Hbond substituents is 2. The zero-order valence-electron chi connectivity index (χ0n) is 11.8. The number of benzene rings is 2. The molecule has 1 aromatic heterocycles. The summed E-state index contributed by atoms with van der Waals surface area (Å²) < 4.78 is 5.08. The predicted molar refractivity (Wildman–Crippen MR) is 81.5 cm³/mol. The van der Waals surface area contributed by atoms with Crippen molar-refractivity contribution >= 4 is 16.6 Å². The molecule has 1 heterocycles. The molecule has 0 unspecified atom stereocenters. The highest BCUT2D eigenvalue weighted by atomic mass is 16.5. The quantitative estimate of drug-likeness (QED) is 0.726. The number of rotatable bonds is 3. The minimum atomic E-state index is -0.311. The summed E-state index contributed by atoms with van der Waals surface area (Å²) in [7, 11) is 1.44. The number of hydrogen-bond donors (Lipinski definition) is 2. The number of ether oxygens (including phenoxy) is 1. The molecule has 0 saturated heterocycles. The van der Waals surface area contributed by atoms with Crippen LogP contribution in [0.5, 0.6) is 17.2 Å². The molecule has 0 atom stereocenters. The van der Waals surface area contributed by atoms with E-state index in [1.165, 1.54) is 31.5 Å². The molecule has 5 nitrogen and oxygen atoms in total. The van der Waals surface area contributed by atoms with Crippen molar-refractivity contribution in [3.63, 3.8) is 0 Å². The number of phenols is 2. The molecule has 0 saturated carbocycles. The first-order chi connectivity index (χ1) is 10.6. The number of aromatic hydroxyl groups is 2. The van der Waals surface area contributed by atoms with Gasteiger partial charge in [0.2, 0.25) is 5.78 Å². The van der Waals surface area contributed by atoms with Crippen molar-refractivity contribution in [3.8, 4) is 17.2 Å². The molecule has 2 N–H and O–H groups in total. The molecule has 22 heavy (non-hydrogen) atoms. The Bertz CT molecular complexity index is 874. The smallest absolute Gasteiger partial charge is 0.212 e. The van der Waals surface area contributed by atoms with Gasteiger partial charge in [0.1, 0.15) is 11.4 Å². The van der Waals surface area contributed by atoms with E-state index in [2.05, 4.69) is 4.98 Å². The standard InChI is InChI=1S/C17H13NO4/c1-22-15-9-13-10(8-14(15)20)5-6-18-16(13)17(21)11-3-2-4-12(19)7-11/h2-9,19-20H,1H3. The number of aromatic nitrogens is 1. The van der Waals surface area contributed by atoms with Crippen LogP contribution >= 0.6 is 0 Å². The fraction of sp³-hybridized carbons (Fsp3) is 0.0588. The average molecular weight is 295 g/mol. The minimum Gasteiger partial charge on any atom is -0.508 e. The molecule has 3 rings (SSSR count). The molecule has 0 radical (unpaired) electrons. The largest absolute Gasteiger partial charge is 0.508 e. The maximum Gasteiger partial charge on any atom is 0.212 e. The topological polar surface area (TPSA) is 79.7 Å². The van der Waals surface area contributed by atoms with Gasteiger partial charge in [-0.2, -0.15) is 0 Å². The number of methoxy groups -OCH3 is 1. The maximum atomic E-state index is 12.6. The van der Waals surface area contributed by atoms with Gasteiger partial charge in [-0.15, -0.1) is 0 Å². The lowest BCUT2D eigenvalue weighted by Gasteiger charge is -2.09. The van der Waals surface area contributed by atoms with Gasteiger partial charge in [-0.05, 0) is 35.7 Å². The van der Waals surface area contributed by atoms with Crippen molar-refractivity contribution in [1.82, 2.24) is 4.98 Å². The molecule has 110 valence electrons. The minimum absolute atomic E-state index is 0.00282. The lowest BCUT2D eigenvalue weighted by atomic mass is 10.0. The van der Waals surface area contributed by atoms with Crippen LogP contribution in [0, 0.1) is 0 Å².